The fourth-order valence-electron chi connectivity index (χ4n) is 1.77. The van der Waals surface area contributed by atoms with Crippen LogP contribution in [0, 0.1) is 5.41 Å². The van der Waals surface area contributed by atoms with Gasteiger partial charge >= 0.3 is 5.69 Å². The molecule has 1 atom stereocenters. The summed E-state index contributed by atoms with van der Waals surface area (Å²) in [6.07, 6.45) is 0. The molecule has 2 aromatic rings. The van der Waals surface area contributed by atoms with Crippen LogP contribution in [-0.4, -0.2) is 14.8 Å². The van der Waals surface area contributed by atoms with Crippen LogP contribution in [-0.2, 0) is 0 Å². The van der Waals surface area contributed by atoms with Gasteiger partial charge in [-0.3, -0.25) is 0 Å². The fraction of sp³-hybridized carbons (Fsp3) is 0.385. The van der Waals surface area contributed by atoms with Crippen LogP contribution in [0.5, 0.6) is 0 Å². The van der Waals surface area contributed by atoms with E-state index in [9.17, 15) is 4.79 Å². The van der Waals surface area contributed by atoms with Gasteiger partial charge in [-0.2, -0.15) is 5.10 Å². The van der Waals surface area contributed by atoms with Gasteiger partial charge in [0.05, 0.1) is 16.8 Å². The molecule has 0 spiro atoms. The molecule has 0 aliphatic heterocycles. The summed E-state index contributed by atoms with van der Waals surface area (Å²) in [5, 5.41) is 6.96. The highest BCUT2D eigenvalue weighted by Crippen LogP contribution is 2.30. The van der Waals surface area contributed by atoms with E-state index in [0.29, 0.717) is 16.5 Å². The molecule has 102 valence electrons. The van der Waals surface area contributed by atoms with Crippen LogP contribution in [0.4, 0.5) is 0 Å². The third-order valence-corrected chi connectivity index (χ3v) is 3.32. The summed E-state index contributed by atoms with van der Waals surface area (Å²) in [5.74, 6) is 0.477. The van der Waals surface area contributed by atoms with Gasteiger partial charge in [-0.25, -0.2) is 14.5 Å². The first-order valence-corrected chi connectivity index (χ1v) is 6.38. The van der Waals surface area contributed by atoms with Crippen LogP contribution in [0.2, 0.25) is 5.02 Å². The molecular weight excluding hydrogens is 264 g/mol. The lowest BCUT2D eigenvalue weighted by atomic mass is 9.87. The van der Waals surface area contributed by atoms with Gasteiger partial charge in [0.1, 0.15) is 0 Å². The lowest BCUT2D eigenvalue weighted by Crippen LogP contribution is -2.30. The maximum absolute atomic E-state index is 12.0. The Kier molecular flexibility index (Phi) is 3.52. The van der Waals surface area contributed by atoms with Crippen molar-refractivity contribution in [2.75, 3.05) is 0 Å². The standard InChI is InChI=1S/C13H17ClN4O/c1-13(2,3)10(15)11-16-17-12(19)18(11)9-7-5-4-6-8(9)14/h4-7,10H,15H2,1-3H3,(H,17,19)/t10-/m1/s1. The molecule has 3 N–H and O–H groups in total. The third kappa shape index (κ3) is 2.57. The highest BCUT2D eigenvalue weighted by Gasteiger charge is 2.28. The molecule has 5 nitrogen and oxygen atoms in total. The first kappa shape index (κ1) is 13.8. The van der Waals surface area contributed by atoms with E-state index in [2.05, 4.69) is 10.2 Å². The predicted octanol–water partition coefficient (Wildman–Crippen LogP) is 2.26. The van der Waals surface area contributed by atoms with E-state index < -0.39 is 0 Å². The van der Waals surface area contributed by atoms with E-state index in [0.717, 1.165) is 0 Å². The van der Waals surface area contributed by atoms with Crippen molar-refractivity contribution in [2.24, 2.45) is 11.1 Å². The summed E-state index contributed by atoms with van der Waals surface area (Å²) in [4.78, 5) is 12.0. The van der Waals surface area contributed by atoms with Gasteiger partial charge in [-0.05, 0) is 17.5 Å². The Hall–Kier alpha value is -1.59. The molecule has 1 aromatic carbocycles. The molecule has 1 heterocycles. The van der Waals surface area contributed by atoms with Crippen molar-refractivity contribution in [2.45, 2.75) is 26.8 Å². The first-order valence-electron chi connectivity index (χ1n) is 6.00. The molecule has 1 aromatic heterocycles. The molecule has 0 aliphatic carbocycles. The quantitative estimate of drug-likeness (QED) is 0.886. The highest BCUT2D eigenvalue weighted by molar-refractivity contribution is 6.32. The minimum Gasteiger partial charge on any atom is -0.321 e. The zero-order chi connectivity index (χ0) is 14.2. The highest BCUT2D eigenvalue weighted by atomic mass is 35.5. The number of hydrogen-bond acceptors (Lipinski definition) is 3. The molecule has 0 radical (unpaired) electrons. The van der Waals surface area contributed by atoms with Gasteiger partial charge in [0, 0.05) is 0 Å². The SMILES string of the molecule is CC(C)(C)[C@H](N)c1n[nH]c(=O)n1-c1ccccc1Cl. The number of aromatic nitrogens is 3. The van der Waals surface area contributed by atoms with E-state index in [1.165, 1.54) is 4.57 Å². The second-order valence-electron chi connectivity index (χ2n) is 5.52. The minimum absolute atomic E-state index is 0.218. The smallest absolute Gasteiger partial charge is 0.321 e. The summed E-state index contributed by atoms with van der Waals surface area (Å²) >= 11 is 6.14. The third-order valence-electron chi connectivity index (χ3n) is 3.00. The number of H-pyrrole nitrogens is 1. The summed E-state index contributed by atoms with van der Waals surface area (Å²) in [5.41, 5.74) is 6.21. The second kappa shape index (κ2) is 4.83. The van der Waals surface area contributed by atoms with Gasteiger partial charge in [0.25, 0.3) is 0 Å². The monoisotopic (exact) mass is 280 g/mol. The Morgan fingerprint density at radius 3 is 2.58 bits per heavy atom. The van der Waals surface area contributed by atoms with Gasteiger partial charge < -0.3 is 5.73 Å². The molecule has 19 heavy (non-hydrogen) atoms. The Labute approximate surface area is 116 Å². The maximum atomic E-state index is 12.0. The second-order valence-corrected chi connectivity index (χ2v) is 5.92. The van der Waals surface area contributed by atoms with Crippen molar-refractivity contribution < 1.29 is 0 Å². The summed E-state index contributed by atoms with van der Waals surface area (Å²) < 4.78 is 1.43. The van der Waals surface area contributed by atoms with E-state index in [-0.39, 0.29) is 17.1 Å². The molecular formula is C13H17ClN4O. The van der Waals surface area contributed by atoms with E-state index >= 15 is 0 Å². The van der Waals surface area contributed by atoms with Gasteiger partial charge in [0.2, 0.25) is 0 Å². The molecule has 2 rings (SSSR count). The molecule has 6 heteroatoms. The van der Waals surface area contributed by atoms with E-state index in [1.54, 1.807) is 18.2 Å². The number of nitrogens with one attached hydrogen (secondary N) is 1. The van der Waals surface area contributed by atoms with Crippen molar-refractivity contribution in [3.05, 3.63) is 45.6 Å². The molecule has 0 saturated carbocycles. The van der Waals surface area contributed by atoms with Crippen molar-refractivity contribution in [3.8, 4) is 5.69 Å². The summed E-state index contributed by atoms with van der Waals surface area (Å²) in [6, 6.07) is 6.72. The Bertz CT molecular complexity index is 639. The first-order chi connectivity index (χ1) is 8.82. The Morgan fingerprint density at radius 1 is 1.37 bits per heavy atom. The Morgan fingerprint density at radius 2 is 2.00 bits per heavy atom. The fourth-order valence-corrected chi connectivity index (χ4v) is 1.99. The summed E-state index contributed by atoms with van der Waals surface area (Å²) in [7, 11) is 0. The summed E-state index contributed by atoms with van der Waals surface area (Å²) in [6.45, 7) is 5.98. The Balaban J connectivity index is 2.63. The molecule has 0 unspecified atom stereocenters. The number of nitrogens with two attached hydrogens (primary N) is 1. The number of hydrogen-bond donors (Lipinski definition) is 2. The van der Waals surface area contributed by atoms with Crippen LogP contribution in [0.15, 0.2) is 29.1 Å². The van der Waals surface area contributed by atoms with Crippen molar-refractivity contribution >= 4 is 11.6 Å². The predicted molar refractivity (Wildman–Crippen MR) is 75.6 cm³/mol. The van der Waals surface area contributed by atoms with Gasteiger partial charge in [-0.15, -0.1) is 0 Å². The largest absolute Gasteiger partial charge is 0.348 e. The van der Waals surface area contributed by atoms with Crippen molar-refractivity contribution in [1.82, 2.24) is 14.8 Å². The number of halogens is 1. The lowest BCUT2D eigenvalue weighted by Gasteiger charge is -2.26. The number of benzene rings is 1. The number of para-hydroxylation sites is 1. The number of aromatic amines is 1. The minimum atomic E-state index is -0.386. The molecule has 0 saturated heterocycles. The van der Waals surface area contributed by atoms with E-state index in [1.807, 2.05) is 26.8 Å². The van der Waals surface area contributed by atoms with Crippen molar-refractivity contribution in [1.29, 1.82) is 0 Å². The van der Waals surface area contributed by atoms with Crippen LogP contribution < -0.4 is 11.4 Å². The van der Waals surface area contributed by atoms with Crippen LogP contribution in [0.3, 0.4) is 0 Å². The van der Waals surface area contributed by atoms with Crippen LogP contribution in [0.1, 0.15) is 32.6 Å². The zero-order valence-electron chi connectivity index (χ0n) is 11.1. The van der Waals surface area contributed by atoms with Crippen LogP contribution in [0.25, 0.3) is 5.69 Å². The van der Waals surface area contributed by atoms with Gasteiger partial charge in [-0.1, -0.05) is 44.5 Å². The lowest BCUT2D eigenvalue weighted by molar-refractivity contribution is 0.312. The van der Waals surface area contributed by atoms with E-state index in [4.69, 9.17) is 17.3 Å². The molecule has 0 aliphatic rings. The number of rotatable bonds is 2. The average molecular weight is 281 g/mol. The topological polar surface area (TPSA) is 76.7 Å². The zero-order valence-corrected chi connectivity index (χ0v) is 11.9. The maximum Gasteiger partial charge on any atom is 0.348 e. The van der Waals surface area contributed by atoms with Gasteiger partial charge in [0.15, 0.2) is 5.82 Å². The normalized spacial score (nSPS) is 13.5. The molecule has 0 fully saturated rings. The van der Waals surface area contributed by atoms with Crippen molar-refractivity contribution in [3.63, 3.8) is 0 Å². The molecule has 0 bridgehead atoms. The van der Waals surface area contributed by atoms with Crippen LogP contribution >= 0.6 is 11.6 Å². The number of nitrogens with zero attached hydrogens (tertiary/aromatic N) is 2. The average Bonchev–Trinajstić information content (AvgIpc) is 2.69. The molecule has 0 amide bonds.